The zero-order valence-electron chi connectivity index (χ0n) is 11.2. The van der Waals surface area contributed by atoms with E-state index in [0.717, 1.165) is 23.2 Å². The van der Waals surface area contributed by atoms with Crippen molar-refractivity contribution in [1.82, 2.24) is 0 Å². The zero-order valence-corrected chi connectivity index (χ0v) is 11.2. The summed E-state index contributed by atoms with van der Waals surface area (Å²) in [5.41, 5.74) is 3.23. The number of hydrogen-bond donors (Lipinski definition) is 0. The molecule has 1 aliphatic rings. The van der Waals surface area contributed by atoms with Gasteiger partial charge in [-0.15, -0.1) is 0 Å². The van der Waals surface area contributed by atoms with Crippen LogP contribution in [0.15, 0.2) is 71.7 Å². The number of benzene rings is 2. The Bertz CT molecular complexity index is 685. The van der Waals surface area contributed by atoms with Crippen molar-refractivity contribution in [3.63, 3.8) is 0 Å². The Morgan fingerprint density at radius 2 is 1.60 bits per heavy atom. The molecule has 1 nitrogen and oxygen atoms in total. The molecular formula is C19H15N. The van der Waals surface area contributed by atoms with E-state index in [4.69, 9.17) is 0 Å². The van der Waals surface area contributed by atoms with Crippen LogP contribution in [-0.2, 0) is 0 Å². The Labute approximate surface area is 119 Å². The molecule has 0 bridgehead atoms. The first-order valence-corrected chi connectivity index (χ1v) is 6.78. The van der Waals surface area contributed by atoms with E-state index in [1.165, 1.54) is 0 Å². The van der Waals surface area contributed by atoms with E-state index in [2.05, 4.69) is 35.0 Å². The molecule has 1 unspecified atom stereocenters. The van der Waals surface area contributed by atoms with Crippen LogP contribution in [0.1, 0.15) is 17.5 Å². The van der Waals surface area contributed by atoms with Crippen molar-refractivity contribution in [2.45, 2.75) is 6.42 Å². The van der Waals surface area contributed by atoms with E-state index in [-0.39, 0.29) is 5.92 Å². The van der Waals surface area contributed by atoms with Crippen LogP contribution in [0, 0.1) is 17.8 Å². The van der Waals surface area contributed by atoms with Crippen LogP contribution in [-0.4, -0.2) is 6.21 Å². The molecule has 0 N–H and O–H groups in total. The summed E-state index contributed by atoms with van der Waals surface area (Å²) in [6.45, 7) is 0. The molecule has 0 spiro atoms. The maximum absolute atomic E-state index is 4.47. The molecule has 0 amide bonds. The molecule has 2 aromatic carbocycles. The van der Waals surface area contributed by atoms with Crippen molar-refractivity contribution in [3.8, 4) is 11.8 Å². The highest BCUT2D eigenvalue weighted by molar-refractivity contribution is 5.77. The van der Waals surface area contributed by atoms with Crippen LogP contribution < -0.4 is 0 Å². The van der Waals surface area contributed by atoms with Crippen molar-refractivity contribution in [2.75, 3.05) is 0 Å². The fourth-order valence-electron chi connectivity index (χ4n) is 2.14. The molecule has 96 valence electrons. The average molecular weight is 257 g/mol. The fraction of sp³-hybridized carbons (Fsp3) is 0.105. The quantitative estimate of drug-likeness (QED) is 0.680. The van der Waals surface area contributed by atoms with Crippen LogP contribution in [0.4, 0.5) is 0 Å². The SMILES string of the molecule is C(#CC1C=C(c2ccccc2)N=CC1)c1ccccc1. The largest absolute Gasteiger partial charge is 0.261 e. The molecule has 2 aromatic rings. The molecule has 0 aromatic heterocycles. The summed E-state index contributed by atoms with van der Waals surface area (Å²) in [5.74, 6) is 6.79. The first-order valence-electron chi connectivity index (χ1n) is 6.78. The summed E-state index contributed by atoms with van der Waals surface area (Å²) < 4.78 is 0. The predicted octanol–water partition coefficient (Wildman–Crippen LogP) is 4.17. The molecule has 1 heterocycles. The molecule has 0 saturated carbocycles. The number of hydrogen-bond acceptors (Lipinski definition) is 1. The van der Waals surface area contributed by atoms with Crippen molar-refractivity contribution in [1.29, 1.82) is 0 Å². The van der Waals surface area contributed by atoms with Gasteiger partial charge in [-0.2, -0.15) is 0 Å². The Kier molecular flexibility index (Phi) is 3.76. The second kappa shape index (κ2) is 6.04. The van der Waals surface area contributed by atoms with Gasteiger partial charge in [-0.05, 0) is 23.8 Å². The lowest BCUT2D eigenvalue weighted by molar-refractivity contribution is 0.894. The molecule has 20 heavy (non-hydrogen) atoms. The zero-order chi connectivity index (χ0) is 13.6. The Balaban J connectivity index is 1.81. The minimum Gasteiger partial charge on any atom is -0.261 e. The lowest BCUT2D eigenvalue weighted by Gasteiger charge is -2.11. The van der Waals surface area contributed by atoms with E-state index < -0.39 is 0 Å². The Morgan fingerprint density at radius 3 is 2.35 bits per heavy atom. The number of aliphatic imine (C=N–C) groups is 1. The average Bonchev–Trinajstić information content (AvgIpc) is 2.55. The highest BCUT2D eigenvalue weighted by Gasteiger charge is 2.09. The molecule has 0 radical (unpaired) electrons. The maximum Gasteiger partial charge on any atom is 0.0670 e. The molecule has 0 fully saturated rings. The van der Waals surface area contributed by atoms with Gasteiger partial charge in [0, 0.05) is 24.1 Å². The molecular weight excluding hydrogens is 242 g/mol. The predicted molar refractivity (Wildman–Crippen MR) is 84.3 cm³/mol. The van der Waals surface area contributed by atoms with Crippen molar-refractivity contribution in [2.24, 2.45) is 10.9 Å². The summed E-state index contributed by atoms with van der Waals surface area (Å²) >= 11 is 0. The second-order valence-corrected chi connectivity index (χ2v) is 4.71. The summed E-state index contributed by atoms with van der Waals surface area (Å²) in [4.78, 5) is 4.47. The third-order valence-electron chi connectivity index (χ3n) is 3.19. The van der Waals surface area contributed by atoms with Gasteiger partial charge in [0.15, 0.2) is 0 Å². The van der Waals surface area contributed by atoms with Crippen molar-refractivity contribution in [3.05, 3.63) is 77.9 Å². The molecule has 1 atom stereocenters. The van der Waals surface area contributed by atoms with Crippen LogP contribution in [0.3, 0.4) is 0 Å². The topological polar surface area (TPSA) is 12.4 Å². The van der Waals surface area contributed by atoms with Gasteiger partial charge in [0.05, 0.1) is 5.70 Å². The highest BCUT2D eigenvalue weighted by Crippen LogP contribution is 2.22. The number of rotatable bonds is 1. The Morgan fingerprint density at radius 1 is 0.900 bits per heavy atom. The van der Waals surface area contributed by atoms with Crippen molar-refractivity contribution < 1.29 is 0 Å². The van der Waals surface area contributed by atoms with Crippen LogP contribution in [0.25, 0.3) is 5.70 Å². The highest BCUT2D eigenvalue weighted by atomic mass is 14.7. The first kappa shape index (κ1) is 12.4. The van der Waals surface area contributed by atoms with Crippen LogP contribution in [0.5, 0.6) is 0 Å². The lowest BCUT2D eigenvalue weighted by atomic mass is 9.99. The van der Waals surface area contributed by atoms with Gasteiger partial charge in [0.2, 0.25) is 0 Å². The summed E-state index contributed by atoms with van der Waals surface area (Å²) in [5, 5.41) is 0. The summed E-state index contributed by atoms with van der Waals surface area (Å²) in [6, 6.07) is 20.3. The third kappa shape index (κ3) is 3.05. The number of nitrogens with zero attached hydrogens (tertiary/aromatic N) is 1. The van der Waals surface area contributed by atoms with Gasteiger partial charge >= 0.3 is 0 Å². The van der Waals surface area contributed by atoms with E-state index in [1.54, 1.807) is 0 Å². The molecule has 3 rings (SSSR count). The first-order chi connectivity index (χ1) is 9.92. The second-order valence-electron chi connectivity index (χ2n) is 4.71. The smallest absolute Gasteiger partial charge is 0.0670 e. The molecule has 1 aliphatic heterocycles. The standard InChI is InChI=1S/C19H15N/c1-3-7-16(8-4-1)11-12-17-13-14-20-19(15-17)18-9-5-2-6-10-18/h1-10,14-15,17H,13H2. The lowest BCUT2D eigenvalue weighted by Crippen LogP contribution is -2.00. The van der Waals surface area contributed by atoms with Gasteiger partial charge in [-0.3, -0.25) is 4.99 Å². The van der Waals surface area contributed by atoms with E-state index in [1.807, 2.05) is 54.7 Å². The minimum atomic E-state index is 0.239. The Hall–Kier alpha value is -2.59. The van der Waals surface area contributed by atoms with Crippen molar-refractivity contribution >= 4 is 11.9 Å². The summed E-state index contributed by atoms with van der Waals surface area (Å²) in [7, 11) is 0. The molecule has 0 saturated heterocycles. The maximum atomic E-state index is 4.47. The van der Waals surface area contributed by atoms with Gasteiger partial charge in [0.1, 0.15) is 0 Å². The van der Waals surface area contributed by atoms with Gasteiger partial charge in [0.25, 0.3) is 0 Å². The van der Waals surface area contributed by atoms with Crippen LogP contribution >= 0.6 is 0 Å². The molecule has 0 aliphatic carbocycles. The normalized spacial score (nSPS) is 17.0. The number of allylic oxidation sites excluding steroid dienone is 1. The fourth-order valence-corrected chi connectivity index (χ4v) is 2.14. The third-order valence-corrected chi connectivity index (χ3v) is 3.19. The van der Waals surface area contributed by atoms with Crippen LogP contribution in [0.2, 0.25) is 0 Å². The van der Waals surface area contributed by atoms with E-state index in [9.17, 15) is 0 Å². The van der Waals surface area contributed by atoms with Gasteiger partial charge in [-0.25, -0.2) is 0 Å². The molecule has 1 heteroatoms. The van der Waals surface area contributed by atoms with Gasteiger partial charge < -0.3 is 0 Å². The van der Waals surface area contributed by atoms with E-state index in [0.29, 0.717) is 0 Å². The monoisotopic (exact) mass is 257 g/mol. The van der Waals surface area contributed by atoms with Gasteiger partial charge in [-0.1, -0.05) is 60.4 Å². The van der Waals surface area contributed by atoms with E-state index >= 15 is 0 Å². The minimum absolute atomic E-state index is 0.239. The summed E-state index contributed by atoms with van der Waals surface area (Å²) in [6.07, 6.45) is 5.01.